The third-order valence-corrected chi connectivity index (χ3v) is 6.52. The van der Waals surface area contributed by atoms with Crippen LogP contribution in [0.25, 0.3) is 10.6 Å². The number of nitrogens with one attached hydrogen (secondary N) is 4. The van der Waals surface area contributed by atoms with E-state index in [0.717, 1.165) is 28.3 Å². The standard InChI is InChI=1S/C22H20F3N7O2S/c1-10-18(20(33)29-12-3-4-13(27)11(7-12)9-26)19(30-21(34)28-10)16-6-5-15(35-16)14-8-17(22(23,24)25)32(2)31-14/h3-9,19,26H,27H2,1-2H3,(H,29,33)(H2,28,30,34). The molecule has 3 amide bonds. The number of allylic oxidation sites excluding steroid dienone is 1. The Morgan fingerprint density at radius 1 is 1.29 bits per heavy atom. The van der Waals surface area contributed by atoms with Crippen molar-refractivity contribution in [3.8, 4) is 10.6 Å². The highest BCUT2D eigenvalue weighted by molar-refractivity contribution is 7.15. The number of urea groups is 1. The Balaban J connectivity index is 1.65. The highest BCUT2D eigenvalue weighted by atomic mass is 32.1. The summed E-state index contributed by atoms with van der Waals surface area (Å²) in [5, 5.41) is 19.4. The molecule has 1 aliphatic heterocycles. The van der Waals surface area contributed by atoms with Gasteiger partial charge in [0.25, 0.3) is 5.91 Å². The minimum atomic E-state index is -4.55. The van der Waals surface area contributed by atoms with E-state index in [0.29, 0.717) is 32.4 Å². The molecule has 3 aromatic rings. The predicted molar refractivity (Wildman–Crippen MR) is 126 cm³/mol. The number of amides is 3. The Bertz CT molecular complexity index is 1370. The number of aryl methyl sites for hydroxylation is 1. The number of nitrogen functional groups attached to an aromatic ring is 1. The lowest BCUT2D eigenvalue weighted by Crippen LogP contribution is -2.45. The van der Waals surface area contributed by atoms with Gasteiger partial charge in [-0.15, -0.1) is 11.3 Å². The maximum absolute atomic E-state index is 13.2. The second-order valence-corrected chi connectivity index (χ2v) is 8.87. The summed E-state index contributed by atoms with van der Waals surface area (Å²) < 4.78 is 40.3. The fourth-order valence-electron chi connectivity index (χ4n) is 3.68. The summed E-state index contributed by atoms with van der Waals surface area (Å²) >= 11 is 1.12. The van der Waals surface area contributed by atoms with Crippen LogP contribution in [-0.4, -0.2) is 27.9 Å². The summed E-state index contributed by atoms with van der Waals surface area (Å²) in [4.78, 5) is 26.4. The zero-order valence-corrected chi connectivity index (χ0v) is 19.3. The zero-order valence-electron chi connectivity index (χ0n) is 18.4. The van der Waals surface area contributed by atoms with Crippen molar-refractivity contribution in [2.24, 2.45) is 7.05 Å². The van der Waals surface area contributed by atoms with Gasteiger partial charge >= 0.3 is 12.2 Å². The molecule has 0 saturated heterocycles. The molecular weight excluding hydrogens is 483 g/mol. The Labute approximate surface area is 201 Å². The monoisotopic (exact) mass is 503 g/mol. The highest BCUT2D eigenvalue weighted by Gasteiger charge is 2.36. The molecule has 1 aliphatic rings. The molecule has 2 aromatic heterocycles. The molecule has 0 radical (unpaired) electrons. The van der Waals surface area contributed by atoms with Gasteiger partial charge < -0.3 is 27.1 Å². The number of carbonyl (C=O) groups excluding carboxylic acids is 2. The van der Waals surface area contributed by atoms with Crippen LogP contribution in [0.2, 0.25) is 0 Å². The van der Waals surface area contributed by atoms with Crippen molar-refractivity contribution >= 4 is 40.9 Å². The van der Waals surface area contributed by atoms with E-state index in [1.807, 2.05) is 0 Å². The Kier molecular flexibility index (Phi) is 6.11. The molecule has 1 unspecified atom stereocenters. The molecule has 1 aromatic carbocycles. The number of hydrogen-bond acceptors (Lipinski definition) is 6. The first kappa shape index (κ1) is 24.0. The van der Waals surface area contributed by atoms with Gasteiger partial charge in [0.05, 0.1) is 16.5 Å². The van der Waals surface area contributed by atoms with Crippen LogP contribution in [-0.2, 0) is 18.0 Å². The minimum absolute atomic E-state index is 0.129. The zero-order chi connectivity index (χ0) is 25.5. The van der Waals surface area contributed by atoms with Crippen molar-refractivity contribution in [1.29, 1.82) is 5.41 Å². The van der Waals surface area contributed by atoms with E-state index in [9.17, 15) is 22.8 Å². The molecule has 9 nitrogen and oxygen atoms in total. The molecule has 3 heterocycles. The molecule has 0 fully saturated rings. The summed E-state index contributed by atoms with van der Waals surface area (Å²) in [6.07, 6.45) is -3.48. The fraction of sp³-hybridized carbons (Fsp3) is 0.182. The maximum atomic E-state index is 13.2. The summed E-state index contributed by atoms with van der Waals surface area (Å²) in [5.74, 6) is -0.507. The van der Waals surface area contributed by atoms with Crippen molar-refractivity contribution in [1.82, 2.24) is 20.4 Å². The average Bonchev–Trinajstić information content (AvgIpc) is 3.41. The number of aromatic nitrogens is 2. The van der Waals surface area contributed by atoms with E-state index < -0.39 is 29.9 Å². The number of halogens is 3. The number of carbonyl (C=O) groups is 2. The molecule has 0 aliphatic carbocycles. The van der Waals surface area contributed by atoms with Crippen molar-refractivity contribution in [3.63, 3.8) is 0 Å². The number of nitrogens with two attached hydrogens (primary N) is 1. The van der Waals surface area contributed by atoms with Gasteiger partial charge in [-0.3, -0.25) is 9.48 Å². The van der Waals surface area contributed by atoms with Crippen LogP contribution in [0.15, 0.2) is 47.7 Å². The van der Waals surface area contributed by atoms with Gasteiger partial charge in [0.15, 0.2) is 0 Å². The molecule has 0 bridgehead atoms. The van der Waals surface area contributed by atoms with Crippen LogP contribution in [0, 0.1) is 5.41 Å². The largest absolute Gasteiger partial charge is 0.433 e. The van der Waals surface area contributed by atoms with Crippen molar-refractivity contribution in [3.05, 3.63) is 63.8 Å². The van der Waals surface area contributed by atoms with Gasteiger partial charge in [0, 0.05) is 40.8 Å². The normalized spacial score (nSPS) is 16.0. The second kappa shape index (κ2) is 8.91. The Morgan fingerprint density at radius 2 is 2.03 bits per heavy atom. The molecule has 35 heavy (non-hydrogen) atoms. The van der Waals surface area contributed by atoms with E-state index >= 15 is 0 Å². The highest BCUT2D eigenvalue weighted by Crippen LogP contribution is 2.38. The van der Waals surface area contributed by atoms with Gasteiger partial charge in [-0.25, -0.2) is 4.79 Å². The number of hydrogen-bond donors (Lipinski definition) is 5. The second-order valence-electron chi connectivity index (χ2n) is 7.75. The lowest BCUT2D eigenvalue weighted by molar-refractivity contribution is -0.143. The number of benzene rings is 1. The van der Waals surface area contributed by atoms with E-state index in [2.05, 4.69) is 21.0 Å². The smallest absolute Gasteiger partial charge is 0.398 e. The molecule has 13 heteroatoms. The van der Waals surface area contributed by atoms with Crippen LogP contribution >= 0.6 is 11.3 Å². The number of rotatable bonds is 5. The summed E-state index contributed by atoms with van der Waals surface area (Å²) in [6, 6.07) is 7.51. The van der Waals surface area contributed by atoms with Crippen LogP contribution in [0.3, 0.4) is 0 Å². The first-order valence-electron chi connectivity index (χ1n) is 10.2. The van der Waals surface area contributed by atoms with Crippen LogP contribution in [0.1, 0.15) is 29.1 Å². The average molecular weight is 504 g/mol. The topological polar surface area (TPSA) is 138 Å². The molecule has 1 atom stereocenters. The maximum Gasteiger partial charge on any atom is 0.433 e. The predicted octanol–water partition coefficient (Wildman–Crippen LogP) is 4.01. The number of alkyl halides is 3. The van der Waals surface area contributed by atoms with Crippen molar-refractivity contribution < 1.29 is 22.8 Å². The summed E-state index contributed by atoms with van der Waals surface area (Å²) in [6.45, 7) is 1.58. The van der Waals surface area contributed by atoms with Gasteiger partial charge in [-0.05, 0) is 43.3 Å². The molecular formula is C22H20F3N7O2S. The van der Waals surface area contributed by atoms with Crippen LogP contribution in [0.4, 0.5) is 29.3 Å². The first-order chi connectivity index (χ1) is 16.5. The molecule has 0 spiro atoms. The fourth-order valence-corrected chi connectivity index (χ4v) is 4.71. The van der Waals surface area contributed by atoms with E-state index in [1.54, 1.807) is 37.3 Å². The summed E-state index contributed by atoms with van der Waals surface area (Å²) in [5.41, 5.74) is 6.80. The van der Waals surface area contributed by atoms with Crippen molar-refractivity contribution in [2.75, 3.05) is 11.1 Å². The Hall–Kier alpha value is -4.13. The number of thiophene rings is 1. The van der Waals surface area contributed by atoms with Crippen LogP contribution < -0.4 is 21.7 Å². The first-order valence-corrected chi connectivity index (χ1v) is 11.0. The lowest BCUT2D eigenvalue weighted by Gasteiger charge is -2.27. The van der Waals surface area contributed by atoms with Crippen molar-refractivity contribution in [2.45, 2.75) is 19.1 Å². The molecule has 182 valence electrons. The number of nitrogens with zero attached hydrogens (tertiary/aromatic N) is 2. The van der Waals surface area contributed by atoms with E-state index in [1.165, 1.54) is 7.05 Å². The molecule has 0 saturated carbocycles. The van der Waals surface area contributed by atoms with Gasteiger partial charge in [0.2, 0.25) is 0 Å². The third-order valence-electron chi connectivity index (χ3n) is 5.35. The Morgan fingerprint density at radius 3 is 2.69 bits per heavy atom. The quantitative estimate of drug-likeness (QED) is 0.265. The lowest BCUT2D eigenvalue weighted by atomic mass is 10.0. The minimum Gasteiger partial charge on any atom is -0.398 e. The van der Waals surface area contributed by atoms with Crippen LogP contribution in [0.5, 0.6) is 0 Å². The van der Waals surface area contributed by atoms with Gasteiger partial charge in [-0.2, -0.15) is 18.3 Å². The van der Waals surface area contributed by atoms with E-state index in [-0.39, 0.29) is 11.3 Å². The summed E-state index contributed by atoms with van der Waals surface area (Å²) in [7, 11) is 1.21. The third kappa shape index (κ3) is 4.75. The van der Waals surface area contributed by atoms with E-state index in [4.69, 9.17) is 11.1 Å². The number of anilines is 2. The SMILES string of the molecule is CC1=C(C(=O)Nc2ccc(N)c(C=N)c2)C(c2ccc(-c3cc(C(F)(F)F)n(C)n3)s2)NC(=O)N1. The molecule has 6 N–H and O–H groups in total. The van der Waals surface area contributed by atoms with Gasteiger partial charge in [0.1, 0.15) is 11.4 Å². The van der Waals surface area contributed by atoms with Gasteiger partial charge in [-0.1, -0.05) is 0 Å². The molecule has 4 rings (SSSR count).